The number of benzene rings is 1. The zero-order chi connectivity index (χ0) is 18.0. The van der Waals surface area contributed by atoms with Crippen molar-refractivity contribution in [2.75, 3.05) is 6.54 Å². The average Bonchev–Trinajstić information content (AvgIpc) is 3.08. The number of likely N-dealkylation sites (tertiary alicyclic amines) is 1. The van der Waals surface area contributed by atoms with Crippen LogP contribution in [0.15, 0.2) is 35.4 Å². The molecular weight excluding hydrogens is 322 g/mol. The summed E-state index contributed by atoms with van der Waals surface area (Å²) < 4.78 is 2.36. The molecule has 1 aliphatic heterocycles. The van der Waals surface area contributed by atoms with Crippen LogP contribution in [-0.2, 0) is 29.7 Å². The zero-order valence-electron chi connectivity index (χ0n) is 14.3. The van der Waals surface area contributed by atoms with Gasteiger partial charge in [-0.05, 0) is 18.9 Å². The van der Waals surface area contributed by atoms with Crippen molar-refractivity contribution in [1.29, 1.82) is 0 Å². The van der Waals surface area contributed by atoms with Crippen LogP contribution in [0.3, 0.4) is 0 Å². The summed E-state index contributed by atoms with van der Waals surface area (Å²) in [4.78, 5) is 38.0. The molecule has 1 fully saturated rings. The van der Waals surface area contributed by atoms with Gasteiger partial charge in [-0.25, -0.2) is 9.48 Å². The van der Waals surface area contributed by atoms with Crippen molar-refractivity contribution in [3.05, 3.63) is 52.2 Å². The lowest BCUT2D eigenvalue weighted by Crippen LogP contribution is -2.43. The van der Waals surface area contributed by atoms with Crippen molar-refractivity contribution in [3.63, 3.8) is 0 Å². The second-order valence-electron chi connectivity index (χ2n) is 6.34. The number of aromatic nitrogens is 3. The molecule has 132 valence electrons. The Balaban J connectivity index is 1.56. The van der Waals surface area contributed by atoms with Gasteiger partial charge in [0, 0.05) is 20.1 Å². The Hall–Kier alpha value is -2.90. The summed E-state index contributed by atoms with van der Waals surface area (Å²) in [6.07, 6.45) is 1.91. The van der Waals surface area contributed by atoms with Gasteiger partial charge in [0.05, 0.1) is 0 Å². The Labute approximate surface area is 145 Å². The molecule has 1 aliphatic rings. The van der Waals surface area contributed by atoms with E-state index in [2.05, 4.69) is 10.4 Å². The third-order valence-electron chi connectivity index (χ3n) is 4.31. The summed E-state index contributed by atoms with van der Waals surface area (Å²) >= 11 is 0. The summed E-state index contributed by atoms with van der Waals surface area (Å²) in [6.45, 7) is 2.96. The number of hydrogen-bond acceptors (Lipinski definition) is 4. The lowest BCUT2D eigenvalue weighted by Gasteiger charge is -2.17. The number of hydrogen-bond donors (Lipinski definition) is 1. The van der Waals surface area contributed by atoms with Gasteiger partial charge in [0.1, 0.15) is 18.9 Å². The molecule has 2 amide bonds. The van der Waals surface area contributed by atoms with E-state index < -0.39 is 11.9 Å². The van der Waals surface area contributed by atoms with Crippen LogP contribution < -0.4 is 11.0 Å². The van der Waals surface area contributed by atoms with Crippen LogP contribution in [0.4, 0.5) is 0 Å². The first-order valence-electron chi connectivity index (χ1n) is 8.16. The molecule has 2 aromatic rings. The van der Waals surface area contributed by atoms with Crippen LogP contribution in [0.2, 0.25) is 0 Å². The number of nitrogens with one attached hydrogen (secondary N) is 1. The molecular formula is C17H21N5O3. The molecule has 0 saturated carbocycles. The lowest BCUT2D eigenvalue weighted by molar-refractivity contribution is -0.133. The molecule has 1 aromatic carbocycles. The van der Waals surface area contributed by atoms with Gasteiger partial charge in [0.25, 0.3) is 0 Å². The first-order chi connectivity index (χ1) is 11.9. The SMILES string of the molecule is Cc1ccc(CN2CCC(NC(=O)Cn3ncn(C)c3=O)C2=O)cc1. The average molecular weight is 343 g/mol. The predicted octanol–water partition coefficient (Wildman–Crippen LogP) is -0.192. The minimum Gasteiger partial charge on any atom is -0.343 e. The van der Waals surface area contributed by atoms with Crippen molar-refractivity contribution in [1.82, 2.24) is 24.6 Å². The molecule has 1 atom stereocenters. The number of rotatable bonds is 5. The fraction of sp³-hybridized carbons (Fsp3) is 0.412. The predicted molar refractivity (Wildman–Crippen MR) is 90.6 cm³/mol. The Kier molecular flexibility index (Phi) is 4.69. The van der Waals surface area contributed by atoms with E-state index in [0.29, 0.717) is 19.5 Å². The van der Waals surface area contributed by atoms with Gasteiger partial charge in [-0.15, -0.1) is 0 Å². The molecule has 1 aromatic heterocycles. The topological polar surface area (TPSA) is 89.2 Å². The molecule has 2 heterocycles. The molecule has 0 aliphatic carbocycles. The minimum absolute atomic E-state index is 0.0951. The summed E-state index contributed by atoms with van der Waals surface area (Å²) in [5.41, 5.74) is 1.87. The summed E-state index contributed by atoms with van der Waals surface area (Å²) in [7, 11) is 1.56. The second kappa shape index (κ2) is 6.92. The van der Waals surface area contributed by atoms with Gasteiger partial charge in [-0.2, -0.15) is 5.10 Å². The molecule has 1 unspecified atom stereocenters. The van der Waals surface area contributed by atoms with E-state index in [-0.39, 0.29) is 18.1 Å². The maximum Gasteiger partial charge on any atom is 0.345 e. The van der Waals surface area contributed by atoms with E-state index in [1.807, 2.05) is 31.2 Å². The normalized spacial score (nSPS) is 17.1. The highest BCUT2D eigenvalue weighted by Gasteiger charge is 2.32. The van der Waals surface area contributed by atoms with Crippen LogP contribution in [0, 0.1) is 6.92 Å². The lowest BCUT2D eigenvalue weighted by atomic mass is 10.1. The molecule has 0 bridgehead atoms. The van der Waals surface area contributed by atoms with Crippen LogP contribution in [0.25, 0.3) is 0 Å². The molecule has 8 heteroatoms. The molecule has 3 rings (SSSR count). The van der Waals surface area contributed by atoms with Crippen LogP contribution in [0.1, 0.15) is 17.5 Å². The highest BCUT2D eigenvalue weighted by molar-refractivity contribution is 5.89. The quantitative estimate of drug-likeness (QED) is 0.815. The van der Waals surface area contributed by atoms with Crippen molar-refractivity contribution in [2.24, 2.45) is 7.05 Å². The first-order valence-corrected chi connectivity index (χ1v) is 8.16. The minimum atomic E-state index is -0.544. The van der Waals surface area contributed by atoms with Gasteiger partial charge in [-0.3, -0.25) is 14.2 Å². The van der Waals surface area contributed by atoms with E-state index >= 15 is 0 Å². The van der Waals surface area contributed by atoms with Crippen LogP contribution in [-0.4, -0.2) is 43.6 Å². The van der Waals surface area contributed by atoms with E-state index in [4.69, 9.17) is 0 Å². The highest BCUT2D eigenvalue weighted by atomic mass is 16.2. The summed E-state index contributed by atoms with van der Waals surface area (Å²) in [6, 6.07) is 7.49. The highest BCUT2D eigenvalue weighted by Crippen LogP contribution is 2.15. The van der Waals surface area contributed by atoms with Gasteiger partial charge in [0.2, 0.25) is 11.8 Å². The van der Waals surface area contributed by atoms with Crippen molar-refractivity contribution in [2.45, 2.75) is 32.5 Å². The van der Waals surface area contributed by atoms with E-state index in [1.54, 1.807) is 11.9 Å². The molecule has 25 heavy (non-hydrogen) atoms. The fourth-order valence-electron chi connectivity index (χ4n) is 2.85. The summed E-state index contributed by atoms with van der Waals surface area (Å²) in [5, 5.41) is 6.54. The third kappa shape index (κ3) is 3.78. The Morgan fingerprint density at radius 3 is 2.64 bits per heavy atom. The van der Waals surface area contributed by atoms with Crippen LogP contribution in [0.5, 0.6) is 0 Å². The fourth-order valence-corrected chi connectivity index (χ4v) is 2.85. The number of aryl methyl sites for hydroxylation is 2. The van der Waals surface area contributed by atoms with Gasteiger partial charge < -0.3 is 10.2 Å². The Bertz CT molecular complexity index is 837. The number of carbonyl (C=O) groups is 2. The number of carbonyl (C=O) groups excluding carboxylic acids is 2. The maximum absolute atomic E-state index is 12.5. The van der Waals surface area contributed by atoms with E-state index in [9.17, 15) is 14.4 Å². The molecule has 1 N–H and O–H groups in total. The van der Waals surface area contributed by atoms with Gasteiger partial charge in [0.15, 0.2) is 0 Å². The Morgan fingerprint density at radius 2 is 2.00 bits per heavy atom. The zero-order valence-corrected chi connectivity index (χ0v) is 14.3. The monoisotopic (exact) mass is 343 g/mol. The molecule has 1 saturated heterocycles. The Morgan fingerprint density at radius 1 is 1.28 bits per heavy atom. The molecule has 8 nitrogen and oxygen atoms in total. The van der Waals surface area contributed by atoms with E-state index in [0.717, 1.165) is 10.2 Å². The smallest absolute Gasteiger partial charge is 0.343 e. The maximum atomic E-state index is 12.5. The number of nitrogens with zero attached hydrogens (tertiary/aromatic N) is 4. The summed E-state index contributed by atoms with van der Waals surface area (Å²) in [5.74, 6) is -0.487. The van der Waals surface area contributed by atoms with Crippen LogP contribution >= 0.6 is 0 Å². The first kappa shape index (κ1) is 16.9. The standard InChI is InChI=1S/C17H21N5O3/c1-12-3-5-13(6-4-12)9-21-8-7-14(16(21)24)19-15(23)10-22-17(25)20(2)11-18-22/h3-6,11,14H,7-10H2,1-2H3,(H,19,23). The molecule has 0 radical (unpaired) electrons. The van der Waals surface area contributed by atoms with Crippen molar-refractivity contribution < 1.29 is 9.59 Å². The van der Waals surface area contributed by atoms with Crippen molar-refractivity contribution >= 4 is 11.8 Å². The van der Waals surface area contributed by atoms with E-state index in [1.165, 1.54) is 16.5 Å². The second-order valence-corrected chi connectivity index (χ2v) is 6.34. The van der Waals surface area contributed by atoms with Crippen molar-refractivity contribution in [3.8, 4) is 0 Å². The van der Waals surface area contributed by atoms with Gasteiger partial charge in [-0.1, -0.05) is 29.8 Å². The molecule has 0 spiro atoms. The number of amides is 2. The van der Waals surface area contributed by atoms with Gasteiger partial charge >= 0.3 is 5.69 Å². The largest absolute Gasteiger partial charge is 0.345 e. The third-order valence-corrected chi connectivity index (χ3v) is 4.31.